The zero-order valence-electron chi connectivity index (χ0n) is 9.53. The molecule has 2 atom stereocenters. The molecule has 0 amide bonds. The van der Waals surface area contributed by atoms with Gasteiger partial charge in [0.25, 0.3) is 0 Å². The second-order valence-corrected chi connectivity index (χ2v) is 4.64. The summed E-state index contributed by atoms with van der Waals surface area (Å²) >= 11 is 6.29. The molecule has 17 heavy (non-hydrogen) atoms. The Bertz CT molecular complexity index is 425. The molecule has 2 heterocycles. The quantitative estimate of drug-likeness (QED) is 0.854. The van der Waals surface area contributed by atoms with Crippen molar-refractivity contribution in [1.82, 2.24) is 5.32 Å². The van der Waals surface area contributed by atoms with Crippen molar-refractivity contribution in [3.8, 4) is 5.75 Å². The first-order valence-corrected chi connectivity index (χ1v) is 5.86. The lowest BCUT2D eigenvalue weighted by atomic mass is 9.89. The molecular formula is C12H15Cl2NO2. The van der Waals surface area contributed by atoms with Crippen LogP contribution in [0.2, 0.25) is 5.02 Å². The Kier molecular flexibility index (Phi) is 3.83. The van der Waals surface area contributed by atoms with E-state index in [1.54, 1.807) is 7.11 Å². The molecule has 1 saturated heterocycles. The summed E-state index contributed by atoms with van der Waals surface area (Å²) in [7, 11) is 1.64. The number of methoxy groups -OCH3 is 1. The van der Waals surface area contributed by atoms with Crippen LogP contribution in [-0.4, -0.2) is 26.3 Å². The van der Waals surface area contributed by atoms with Crippen molar-refractivity contribution < 1.29 is 9.47 Å². The third-order valence-corrected chi connectivity index (χ3v) is 3.88. The second-order valence-electron chi connectivity index (χ2n) is 4.26. The highest BCUT2D eigenvalue weighted by molar-refractivity contribution is 6.33. The first-order valence-electron chi connectivity index (χ1n) is 5.49. The van der Waals surface area contributed by atoms with Gasteiger partial charge < -0.3 is 14.8 Å². The van der Waals surface area contributed by atoms with Crippen LogP contribution in [0.25, 0.3) is 0 Å². The highest BCUT2D eigenvalue weighted by atomic mass is 35.5. The normalized spacial score (nSPS) is 25.8. The molecule has 2 aliphatic rings. The van der Waals surface area contributed by atoms with E-state index < -0.39 is 0 Å². The van der Waals surface area contributed by atoms with Crippen LogP contribution >= 0.6 is 24.0 Å². The van der Waals surface area contributed by atoms with E-state index in [0.29, 0.717) is 23.7 Å². The molecule has 5 heteroatoms. The van der Waals surface area contributed by atoms with Crippen LogP contribution in [0, 0.1) is 0 Å². The topological polar surface area (TPSA) is 30.5 Å². The Hall–Kier alpha value is -0.480. The molecule has 1 N–H and O–H groups in total. The van der Waals surface area contributed by atoms with Crippen molar-refractivity contribution in [2.45, 2.75) is 18.6 Å². The minimum absolute atomic E-state index is 0. The van der Waals surface area contributed by atoms with Gasteiger partial charge in [-0.15, -0.1) is 12.4 Å². The number of rotatable bonds is 1. The lowest BCUT2D eigenvalue weighted by Crippen LogP contribution is -2.27. The molecule has 0 saturated carbocycles. The number of nitrogens with one attached hydrogen (secondary N) is 1. The number of hydrogen-bond donors (Lipinski definition) is 1. The first kappa shape index (κ1) is 13.0. The molecule has 1 aromatic rings. The van der Waals surface area contributed by atoms with Crippen molar-refractivity contribution in [2.24, 2.45) is 0 Å². The smallest absolute Gasteiger partial charge is 0.137 e. The van der Waals surface area contributed by atoms with Gasteiger partial charge in [-0.2, -0.15) is 0 Å². The highest BCUT2D eigenvalue weighted by Crippen LogP contribution is 2.40. The maximum absolute atomic E-state index is 6.29. The van der Waals surface area contributed by atoms with E-state index in [1.807, 2.05) is 6.07 Å². The number of benzene rings is 1. The largest absolute Gasteiger partial charge is 0.495 e. The molecule has 0 spiro atoms. The monoisotopic (exact) mass is 275 g/mol. The van der Waals surface area contributed by atoms with Crippen LogP contribution in [0.4, 0.5) is 0 Å². The van der Waals surface area contributed by atoms with Gasteiger partial charge in [-0.25, -0.2) is 0 Å². The van der Waals surface area contributed by atoms with E-state index in [4.69, 9.17) is 21.1 Å². The summed E-state index contributed by atoms with van der Waals surface area (Å²) in [6.07, 6.45) is 0.303. The minimum atomic E-state index is 0. The summed E-state index contributed by atoms with van der Waals surface area (Å²) in [6, 6.07) is 4.06. The van der Waals surface area contributed by atoms with Crippen molar-refractivity contribution in [2.75, 3.05) is 20.2 Å². The maximum atomic E-state index is 6.29. The molecule has 0 aliphatic carbocycles. The molecule has 0 aromatic heterocycles. The number of ether oxygens (including phenoxy) is 2. The molecule has 0 bridgehead atoms. The van der Waals surface area contributed by atoms with Gasteiger partial charge in [-0.05, 0) is 11.6 Å². The Balaban J connectivity index is 0.00000108. The van der Waals surface area contributed by atoms with Crippen LogP contribution in [0.15, 0.2) is 12.1 Å². The summed E-state index contributed by atoms with van der Waals surface area (Å²) in [5.74, 6) is 1.17. The van der Waals surface area contributed by atoms with Crippen LogP contribution in [-0.2, 0) is 11.3 Å². The van der Waals surface area contributed by atoms with Gasteiger partial charge in [-0.1, -0.05) is 17.7 Å². The van der Waals surface area contributed by atoms with Crippen LogP contribution < -0.4 is 10.1 Å². The van der Waals surface area contributed by atoms with Gasteiger partial charge in [0.15, 0.2) is 0 Å². The molecule has 1 fully saturated rings. The van der Waals surface area contributed by atoms with E-state index in [1.165, 1.54) is 5.56 Å². The van der Waals surface area contributed by atoms with E-state index in [0.717, 1.165) is 24.4 Å². The van der Waals surface area contributed by atoms with E-state index in [2.05, 4.69) is 11.4 Å². The average Bonchev–Trinajstić information content (AvgIpc) is 2.77. The standard InChI is InChI=1S/C12H14ClNO2.ClH/c1-15-10-3-2-7-8-4-14-5-11(8)16-6-9(7)12(10)13;/h2-3,8,11,14H,4-6H2,1H3;1H. The Morgan fingerprint density at radius 3 is 3.00 bits per heavy atom. The number of fused-ring (bicyclic) bond motifs is 3. The lowest BCUT2D eigenvalue weighted by molar-refractivity contribution is 0.0298. The van der Waals surface area contributed by atoms with E-state index >= 15 is 0 Å². The molecule has 2 aliphatic heterocycles. The lowest BCUT2D eigenvalue weighted by Gasteiger charge is -2.29. The molecule has 0 radical (unpaired) electrons. The van der Waals surface area contributed by atoms with Crippen molar-refractivity contribution in [3.63, 3.8) is 0 Å². The summed E-state index contributed by atoms with van der Waals surface area (Å²) < 4.78 is 11.0. The van der Waals surface area contributed by atoms with Crippen LogP contribution in [0.5, 0.6) is 5.75 Å². The van der Waals surface area contributed by atoms with Crippen LogP contribution in [0.1, 0.15) is 17.0 Å². The highest BCUT2D eigenvalue weighted by Gasteiger charge is 2.35. The molecule has 3 nitrogen and oxygen atoms in total. The molecule has 94 valence electrons. The van der Waals surface area contributed by atoms with Crippen LogP contribution in [0.3, 0.4) is 0 Å². The van der Waals surface area contributed by atoms with Gasteiger partial charge in [0.05, 0.1) is 24.8 Å². The summed E-state index contributed by atoms with van der Waals surface area (Å²) in [5.41, 5.74) is 2.40. The fourth-order valence-electron chi connectivity index (χ4n) is 2.60. The molecule has 3 rings (SSSR count). The fourth-order valence-corrected chi connectivity index (χ4v) is 2.90. The average molecular weight is 276 g/mol. The van der Waals surface area contributed by atoms with Gasteiger partial charge in [0.1, 0.15) is 5.75 Å². The first-order chi connectivity index (χ1) is 7.81. The number of halogens is 2. The Morgan fingerprint density at radius 1 is 1.41 bits per heavy atom. The van der Waals surface area contributed by atoms with Crippen molar-refractivity contribution in [3.05, 3.63) is 28.3 Å². The van der Waals surface area contributed by atoms with Gasteiger partial charge >= 0.3 is 0 Å². The van der Waals surface area contributed by atoms with E-state index in [9.17, 15) is 0 Å². The zero-order valence-corrected chi connectivity index (χ0v) is 11.1. The summed E-state index contributed by atoms with van der Waals surface area (Å²) in [6.45, 7) is 2.50. The second kappa shape index (κ2) is 5.02. The maximum Gasteiger partial charge on any atom is 0.137 e. The van der Waals surface area contributed by atoms with Crippen molar-refractivity contribution in [1.29, 1.82) is 0 Å². The predicted molar refractivity (Wildman–Crippen MR) is 69.4 cm³/mol. The molecular weight excluding hydrogens is 261 g/mol. The third-order valence-electron chi connectivity index (χ3n) is 3.46. The molecule has 2 unspecified atom stereocenters. The summed E-state index contributed by atoms with van der Waals surface area (Å²) in [5, 5.41) is 4.05. The van der Waals surface area contributed by atoms with Gasteiger partial charge in [-0.3, -0.25) is 0 Å². The van der Waals surface area contributed by atoms with Crippen molar-refractivity contribution >= 4 is 24.0 Å². The summed E-state index contributed by atoms with van der Waals surface area (Å²) in [4.78, 5) is 0. The third kappa shape index (κ3) is 2.02. The SMILES string of the molecule is COc1ccc2c(c1Cl)COC1CNCC21.Cl. The molecule has 1 aromatic carbocycles. The minimum Gasteiger partial charge on any atom is -0.495 e. The van der Waals surface area contributed by atoms with Gasteiger partial charge in [0.2, 0.25) is 0 Å². The van der Waals surface area contributed by atoms with E-state index in [-0.39, 0.29) is 12.4 Å². The number of hydrogen-bond acceptors (Lipinski definition) is 3. The predicted octanol–water partition coefficient (Wildman–Crippen LogP) is 2.36. The zero-order chi connectivity index (χ0) is 11.1. The Labute approximate surface area is 112 Å². The van der Waals surface area contributed by atoms with Gasteiger partial charge in [0, 0.05) is 24.6 Å². The Morgan fingerprint density at radius 2 is 2.24 bits per heavy atom. The fraction of sp³-hybridized carbons (Fsp3) is 0.500.